The fraction of sp³-hybridized carbons (Fsp3) is 0.500. The maximum atomic E-state index is 12.2. The molecular weight excluding hydrogens is 259 g/mol. The summed E-state index contributed by atoms with van der Waals surface area (Å²) in [5.41, 5.74) is 0.491. The number of amides is 1. The predicted octanol–water partition coefficient (Wildman–Crippen LogP) is 3.26. The Hall–Kier alpha value is -0.800. The average molecular weight is 273 g/mol. The Morgan fingerprint density at radius 1 is 1.41 bits per heavy atom. The van der Waals surface area contributed by atoms with Crippen molar-refractivity contribution in [3.63, 3.8) is 0 Å². The van der Waals surface area contributed by atoms with Crippen LogP contribution in [0.2, 0.25) is 10.3 Å². The maximum Gasteiger partial charge on any atom is 0.254 e. The monoisotopic (exact) mass is 272 g/mol. The Bertz CT molecular complexity index is 426. The molecule has 1 aliphatic rings. The highest BCUT2D eigenvalue weighted by Gasteiger charge is 2.32. The second-order valence-corrected chi connectivity index (χ2v) is 5.27. The van der Waals surface area contributed by atoms with Crippen molar-refractivity contribution in [1.82, 2.24) is 9.88 Å². The number of carbonyl (C=O) groups is 1. The molecule has 0 aliphatic heterocycles. The van der Waals surface area contributed by atoms with Crippen LogP contribution in [0.1, 0.15) is 30.1 Å². The van der Waals surface area contributed by atoms with Crippen LogP contribution in [0.5, 0.6) is 0 Å². The molecule has 0 bridgehead atoms. The molecule has 3 nitrogen and oxygen atoms in total. The van der Waals surface area contributed by atoms with Crippen molar-refractivity contribution < 1.29 is 4.79 Å². The highest BCUT2D eigenvalue weighted by Crippen LogP contribution is 2.35. The summed E-state index contributed by atoms with van der Waals surface area (Å²) in [5.74, 6) is 0.576. The van der Waals surface area contributed by atoms with Crippen LogP contribution in [0.25, 0.3) is 0 Å². The first-order valence-electron chi connectivity index (χ1n) is 5.59. The van der Waals surface area contributed by atoms with Crippen LogP contribution in [0.15, 0.2) is 12.1 Å². The van der Waals surface area contributed by atoms with Gasteiger partial charge in [0.25, 0.3) is 5.91 Å². The molecule has 17 heavy (non-hydrogen) atoms. The molecule has 1 heterocycles. The topological polar surface area (TPSA) is 33.2 Å². The zero-order valence-corrected chi connectivity index (χ0v) is 11.3. The van der Waals surface area contributed by atoms with Gasteiger partial charge in [-0.25, -0.2) is 4.98 Å². The van der Waals surface area contributed by atoms with Gasteiger partial charge in [0.05, 0.1) is 0 Å². The van der Waals surface area contributed by atoms with Gasteiger partial charge in [0, 0.05) is 18.7 Å². The van der Waals surface area contributed by atoms with Crippen molar-refractivity contribution in [3.05, 3.63) is 28.0 Å². The number of aromatic nitrogens is 1. The molecule has 1 unspecified atom stereocenters. The van der Waals surface area contributed by atoms with Crippen molar-refractivity contribution >= 4 is 29.1 Å². The van der Waals surface area contributed by atoms with Crippen molar-refractivity contribution in [1.29, 1.82) is 0 Å². The first-order chi connectivity index (χ1) is 7.99. The van der Waals surface area contributed by atoms with E-state index in [9.17, 15) is 4.79 Å². The van der Waals surface area contributed by atoms with Gasteiger partial charge >= 0.3 is 0 Å². The summed E-state index contributed by atoms with van der Waals surface area (Å²) >= 11 is 11.6. The second kappa shape index (κ2) is 4.83. The molecule has 1 aliphatic carbocycles. The van der Waals surface area contributed by atoms with Crippen LogP contribution >= 0.6 is 23.2 Å². The number of hydrogen-bond acceptors (Lipinski definition) is 2. The third-order valence-electron chi connectivity index (χ3n) is 3.25. The Labute approximate surface area is 111 Å². The molecule has 1 aromatic rings. The van der Waals surface area contributed by atoms with E-state index in [0.717, 1.165) is 0 Å². The molecule has 1 amide bonds. The summed E-state index contributed by atoms with van der Waals surface area (Å²) in [4.78, 5) is 17.8. The van der Waals surface area contributed by atoms with Crippen molar-refractivity contribution in [3.8, 4) is 0 Å². The van der Waals surface area contributed by atoms with Crippen LogP contribution in [-0.4, -0.2) is 28.9 Å². The minimum atomic E-state index is -0.0596. The minimum absolute atomic E-state index is 0.0596. The summed E-state index contributed by atoms with van der Waals surface area (Å²) in [6.45, 7) is 2.07. The van der Waals surface area contributed by atoms with Gasteiger partial charge in [-0.15, -0.1) is 0 Å². The number of hydrogen-bond donors (Lipinski definition) is 0. The van der Waals surface area contributed by atoms with Crippen LogP contribution in [0.3, 0.4) is 0 Å². The Morgan fingerprint density at radius 3 is 2.41 bits per heavy atom. The first kappa shape index (κ1) is 12.7. The number of rotatable bonds is 3. The van der Waals surface area contributed by atoms with Gasteiger partial charge in [-0.3, -0.25) is 4.79 Å². The fourth-order valence-electron chi connectivity index (χ4n) is 1.87. The van der Waals surface area contributed by atoms with Gasteiger partial charge in [-0.05, 0) is 37.8 Å². The molecule has 1 saturated carbocycles. The number of nitrogens with zero attached hydrogens (tertiary/aromatic N) is 2. The lowest BCUT2D eigenvalue weighted by Crippen LogP contribution is -2.36. The van der Waals surface area contributed by atoms with E-state index in [1.165, 1.54) is 12.8 Å². The summed E-state index contributed by atoms with van der Waals surface area (Å²) in [5, 5.41) is 0.488. The van der Waals surface area contributed by atoms with Crippen LogP contribution < -0.4 is 0 Å². The summed E-state index contributed by atoms with van der Waals surface area (Å²) < 4.78 is 0. The van der Waals surface area contributed by atoms with E-state index in [0.29, 0.717) is 11.5 Å². The first-order valence-corrected chi connectivity index (χ1v) is 6.35. The molecule has 1 fully saturated rings. The number of halogens is 2. The highest BCUT2D eigenvalue weighted by atomic mass is 35.5. The summed E-state index contributed by atoms with van der Waals surface area (Å²) in [6, 6.07) is 3.35. The van der Waals surface area contributed by atoms with Crippen LogP contribution in [0.4, 0.5) is 0 Å². The zero-order valence-electron chi connectivity index (χ0n) is 9.78. The number of pyridine rings is 1. The zero-order chi connectivity index (χ0) is 12.6. The maximum absolute atomic E-state index is 12.2. The summed E-state index contributed by atoms with van der Waals surface area (Å²) in [7, 11) is 1.81. The molecule has 0 aromatic carbocycles. The molecule has 1 aromatic heterocycles. The minimum Gasteiger partial charge on any atom is -0.339 e. The normalized spacial score (nSPS) is 16.7. The number of carbonyl (C=O) groups excluding carboxylic acids is 1. The van der Waals surface area contributed by atoms with Gasteiger partial charge < -0.3 is 4.90 Å². The van der Waals surface area contributed by atoms with Gasteiger partial charge in [0.1, 0.15) is 10.3 Å². The van der Waals surface area contributed by atoms with E-state index in [2.05, 4.69) is 11.9 Å². The molecule has 92 valence electrons. The predicted molar refractivity (Wildman–Crippen MR) is 68.5 cm³/mol. The van der Waals surface area contributed by atoms with E-state index in [1.54, 1.807) is 17.0 Å². The van der Waals surface area contributed by atoms with E-state index >= 15 is 0 Å². The quantitative estimate of drug-likeness (QED) is 0.792. The Morgan fingerprint density at radius 2 is 1.94 bits per heavy atom. The van der Waals surface area contributed by atoms with Gasteiger partial charge in [0.15, 0.2) is 0 Å². The van der Waals surface area contributed by atoms with Crippen molar-refractivity contribution in [2.75, 3.05) is 7.05 Å². The van der Waals surface area contributed by atoms with Gasteiger partial charge in [-0.2, -0.15) is 0 Å². The van der Waals surface area contributed by atoms with Crippen LogP contribution in [0, 0.1) is 5.92 Å². The molecule has 0 saturated heterocycles. The molecule has 1 atom stereocenters. The molecule has 0 spiro atoms. The molecule has 0 radical (unpaired) electrons. The average Bonchev–Trinajstić information content (AvgIpc) is 3.08. The third kappa shape index (κ3) is 2.90. The smallest absolute Gasteiger partial charge is 0.254 e. The third-order valence-corrected chi connectivity index (χ3v) is 3.63. The van der Waals surface area contributed by atoms with Gasteiger partial charge in [0.2, 0.25) is 0 Å². The van der Waals surface area contributed by atoms with E-state index in [4.69, 9.17) is 23.2 Å². The Balaban J connectivity index is 2.17. The summed E-state index contributed by atoms with van der Waals surface area (Å²) in [6.07, 6.45) is 2.41. The van der Waals surface area contributed by atoms with Crippen LogP contribution in [-0.2, 0) is 0 Å². The van der Waals surface area contributed by atoms with E-state index < -0.39 is 0 Å². The molecular formula is C12H14Cl2N2O. The molecule has 2 rings (SSSR count). The second-order valence-electron chi connectivity index (χ2n) is 4.50. The molecule has 0 N–H and O–H groups in total. The lowest BCUT2D eigenvalue weighted by atomic mass is 10.1. The van der Waals surface area contributed by atoms with Gasteiger partial charge in [-0.1, -0.05) is 23.2 Å². The largest absolute Gasteiger partial charge is 0.339 e. The van der Waals surface area contributed by atoms with Crippen molar-refractivity contribution in [2.45, 2.75) is 25.8 Å². The van der Waals surface area contributed by atoms with E-state index in [1.807, 2.05) is 7.05 Å². The lowest BCUT2D eigenvalue weighted by Gasteiger charge is -2.25. The van der Waals surface area contributed by atoms with Crippen molar-refractivity contribution in [2.24, 2.45) is 5.92 Å². The SMILES string of the molecule is CC(C1CC1)N(C)C(=O)c1cc(Cl)nc(Cl)c1. The van der Waals surface area contributed by atoms with E-state index in [-0.39, 0.29) is 22.3 Å². The Kier molecular flexibility index (Phi) is 3.59. The lowest BCUT2D eigenvalue weighted by molar-refractivity contribution is 0.0727. The fourth-order valence-corrected chi connectivity index (χ4v) is 2.33. The highest BCUT2D eigenvalue weighted by molar-refractivity contribution is 6.33. The standard InChI is InChI=1S/C12H14Cl2N2O/c1-7(8-3-4-8)16(2)12(17)9-5-10(13)15-11(14)6-9/h5-8H,3-4H2,1-2H3. The molecule has 5 heteroatoms.